The minimum atomic E-state index is -0.862. The van der Waals surface area contributed by atoms with E-state index in [0.29, 0.717) is 0 Å². The third-order valence-electron chi connectivity index (χ3n) is 3.88. The molecule has 0 aliphatic carbocycles. The van der Waals surface area contributed by atoms with Crippen LogP contribution in [0, 0.1) is 11.6 Å². The molecule has 2 aromatic heterocycles. The van der Waals surface area contributed by atoms with Gasteiger partial charge >= 0.3 is 0 Å². The Kier molecular flexibility index (Phi) is 4.85. The first-order valence-electron chi connectivity index (χ1n) is 7.98. The van der Waals surface area contributed by atoms with Gasteiger partial charge in [0.1, 0.15) is 23.0 Å². The van der Waals surface area contributed by atoms with Crippen LogP contribution in [0.1, 0.15) is 25.1 Å². The highest BCUT2D eigenvalue weighted by atomic mass is 19.1. The van der Waals surface area contributed by atoms with Crippen LogP contribution in [0.4, 0.5) is 14.7 Å². The van der Waals surface area contributed by atoms with Gasteiger partial charge in [0, 0.05) is 18.3 Å². The van der Waals surface area contributed by atoms with E-state index in [0.717, 1.165) is 5.56 Å². The Morgan fingerprint density at radius 2 is 1.88 bits per heavy atom. The van der Waals surface area contributed by atoms with Crippen molar-refractivity contribution in [3.05, 3.63) is 65.6 Å². The van der Waals surface area contributed by atoms with Crippen LogP contribution in [0.15, 0.2) is 42.7 Å². The summed E-state index contributed by atoms with van der Waals surface area (Å²) in [6, 6.07) is 7.41. The molecule has 0 amide bonds. The van der Waals surface area contributed by atoms with Gasteiger partial charge in [-0.25, -0.2) is 13.8 Å². The van der Waals surface area contributed by atoms with Crippen molar-refractivity contribution >= 4 is 5.95 Å². The summed E-state index contributed by atoms with van der Waals surface area (Å²) in [7, 11) is 0. The standard InChI is InChI=1S/C18H18F2N6/c1-18(2,16-14(20)4-3-7-22-16)24-17-23-10-15(25-26-17)12-8-11(9-21)5-6-13(12)19/h3-8,10H,9,21H2,1-2H3,(H,23,24,26). The van der Waals surface area contributed by atoms with Crippen LogP contribution >= 0.6 is 0 Å². The highest BCUT2D eigenvalue weighted by Gasteiger charge is 2.26. The quantitative estimate of drug-likeness (QED) is 0.730. The fraction of sp³-hybridized carbons (Fsp3) is 0.222. The summed E-state index contributed by atoms with van der Waals surface area (Å²) >= 11 is 0. The summed E-state index contributed by atoms with van der Waals surface area (Å²) in [6.07, 6.45) is 2.91. The first kappa shape index (κ1) is 17.8. The Bertz CT molecular complexity index is 912. The lowest BCUT2D eigenvalue weighted by molar-refractivity contribution is 0.510. The van der Waals surface area contributed by atoms with Crippen molar-refractivity contribution < 1.29 is 8.78 Å². The van der Waals surface area contributed by atoms with Gasteiger partial charge in [-0.05, 0) is 43.7 Å². The number of nitrogens with zero attached hydrogens (tertiary/aromatic N) is 4. The predicted octanol–water partition coefficient (Wildman–Crippen LogP) is 3.02. The molecule has 0 radical (unpaired) electrons. The average Bonchev–Trinajstić information content (AvgIpc) is 2.63. The Morgan fingerprint density at radius 3 is 2.54 bits per heavy atom. The van der Waals surface area contributed by atoms with E-state index in [1.807, 2.05) is 0 Å². The molecule has 1 aromatic carbocycles. The van der Waals surface area contributed by atoms with Crippen molar-refractivity contribution in [2.75, 3.05) is 5.32 Å². The molecule has 3 N–H and O–H groups in total. The molecule has 3 aromatic rings. The number of nitrogens with two attached hydrogens (primary N) is 1. The van der Waals surface area contributed by atoms with Crippen molar-refractivity contribution in [1.29, 1.82) is 0 Å². The molecule has 0 spiro atoms. The van der Waals surface area contributed by atoms with Gasteiger partial charge in [0.05, 0.1) is 11.7 Å². The SMILES string of the molecule is CC(C)(Nc1ncc(-c2cc(CN)ccc2F)nn1)c1ncccc1F. The molecular formula is C18H18F2N6. The van der Waals surface area contributed by atoms with Gasteiger partial charge in [-0.1, -0.05) is 6.07 Å². The zero-order valence-corrected chi connectivity index (χ0v) is 14.4. The zero-order chi connectivity index (χ0) is 18.7. The van der Waals surface area contributed by atoms with Crippen molar-refractivity contribution in [1.82, 2.24) is 20.2 Å². The Labute approximate surface area is 149 Å². The summed E-state index contributed by atoms with van der Waals surface area (Å²) in [4.78, 5) is 8.23. The Balaban J connectivity index is 1.85. The summed E-state index contributed by atoms with van der Waals surface area (Å²) < 4.78 is 28.0. The van der Waals surface area contributed by atoms with Crippen LogP contribution in [0.25, 0.3) is 11.3 Å². The maximum absolute atomic E-state index is 14.0. The fourth-order valence-corrected chi connectivity index (χ4v) is 2.54. The molecule has 0 fully saturated rings. The minimum Gasteiger partial charge on any atom is -0.342 e. The second-order valence-corrected chi connectivity index (χ2v) is 6.27. The molecule has 0 saturated heterocycles. The molecule has 6 nitrogen and oxygen atoms in total. The lowest BCUT2D eigenvalue weighted by atomic mass is 9.99. The lowest BCUT2D eigenvalue weighted by Gasteiger charge is -2.25. The average molecular weight is 356 g/mol. The first-order valence-corrected chi connectivity index (χ1v) is 7.98. The molecule has 8 heteroatoms. The summed E-state index contributed by atoms with van der Waals surface area (Å²) in [5.74, 6) is -0.690. The minimum absolute atomic E-state index is 0.180. The van der Waals surface area contributed by atoms with E-state index in [-0.39, 0.29) is 29.4 Å². The van der Waals surface area contributed by atoms with Crippen molar-refractivity contribution in [3.8, 4) is 11.3 Å². The van der Waals surface area contributed by atoms with Crippen molar-refractivity contribution in [3.63, 3.8) is 0 Å². The number of benzene rings is 1. The van der Waals surface area contributed by atoms with Gasteiger partial charge in [-0.2, -0.15) is 0 Å². The van der Waals surface area contributed by atoms with Crippen LogP contribution in [-0.2, 0) is 12.1 Å². The Morgan fingerprint density at radius 1 is 1.08 bits per heavy atom. The number of pyridine rings is 1. The number of hydrogen-bond acceptors (Lipinski definition) is 6. The molecule has 0 unspecified atom stereocenters. The first-order chi connectivity index (χ1) is 12.4. The summed E-state index contributed by atoms with van der Waals surface area (Å²) in [5.41, 5.74) is 6.29. The van der Waals surface area contributed by atoms with Gasteiger partial charge in [0.15, 0.2) is 0 Å². The van der Waals surface area contributed by atoms with Crippen LogP contribution in [0.2, 0.25) is 0 Å². The highest BCUT2D eigenvalue weighted by Crippen LogP contribution is 2.25. The van der Waals surface area contributed by atoms with Crippen LogP contribution in [-0.4, -0.2) is 20.2 Å². The van der Waals surface area contributed by atoms with Gasteiger partial charge in [-0.15, -0.1) is 10.2 Å². The Hall–Kier alpha value is -3.00. The maximum Gasteiger partial charge on any atom is 0.243 e. The van der Waals surface area contributed by atoms with Crippen LogP contribution in [0.3, 0.4) is 0 Å². The number of aromatic nitrogens is 4. The second kappa shape index (κ2) is 7.09. The van der Waals surface area contributed by atoms with E-state index in [4.69, 9.17) is 5.73 Å². The lowest BCUT2D eigenvalue weighted by Crippen LogP contribution is -2.31. The molecule has 3 rings (SSSR count). The van der Waals surface area contributed by atoms with Gasteiger partial charge in [-0.3, -0.25) is 4.98 Å². The summed E-state index contributed by atoms with van der Waals surface area (Å²) in [6.45, 7) is 3.79. The largest absolute Gasteiger partial charge is 0.342 e. The van der Waals surface area contributed by atoms with E-state index in [9.17, 15) is 8.78 Å². The molecule has 0 saturated carbocycles. The molecule has 26 heavy (non-hydrogen) atoms. The van der Waals surface area contributed by atoms with Crippen molar-refractivity contribution in [2.24, 2.45) is 5.73 Å². The number of nitrogens with one attached hydrogen (secondary N) is 1. The van der Waals surface area contributed by atoms with Crippen molar-refractivity contribution in [2.45, 2.75) is 25.9 Å². The summed E-state index contributed by atoms with van der Waals surface area (Å²) in [5, 5.41) is 11.0. The molecule has 0 aliphatic heterocycles. The van der Waals surface area contributed by atoms with Gasteiger partial charge in [0.2, 0.25) is 5.95 Å². The van der Waals surface area contributed by atoms with Gasteiger partial charge in [0.25, 0.3) is 0 Å². The zero-order valence-electron chi connectivity index (χ0n) is 14.4. The predicted molar refractivity (Wildman–Crippen MR) is 94.0 cm³/mol. The number of halogens is 2. The fourth-order valence-electron chi connectivity index (χ4n) is 2.54. The maximum atomic E-state index is 14.0. The molecule has 2 heterocycles. The number of rotatable bonds is 5. The molecule has 0 atom stereocenters. The molecule has 134 valence electrons. The second-order valence-electron chi connectivity index (χ2n) is 6.27. The third-order valence-corrected chi connectivity index (χ3v) is 3.88. The monoisotopic (exact) mass is 356 g/mol. The molecule has 0 bridgehead atoms. The highest BCUT2D eigenvalue weighted by molar-refractivity contribution is 5.60. The third kappa shape index (κ3) is 3.65. The van der Waals surface area contributed by atoms with E-state index in [1.54, 1.807) is 26.0 Å². The number of hydrogen-bond donors (Lipinski definition) is 2. The van der Waals surface area contributed by atoms with E-state index >= 15 is 0 Å². The molecule has 0 aliphatic rings. The number of anilines is 1. The van der Waals surface area contributed by atoms with E-state index in [2.05, 4.69) is 25.5 Å². The van der Waals surface area contributed by atoms with Crippen LogP contribution < -0.4 is 11.1 Å². The van der Waals surface area contributed by atoms with Gasteiger partial charge < -0.3 is 11.1 Å². The topological polar surface area (TPSA) is 89.6 Å². The van der Waals surface area contributed by atoms with E-state index < -0.39 is 17.2 Å². The molecular weight excluding hydrogens is 338 g/mol. The normalized spacial score (nSPS) is 11.4. The smallest absolute Gasteiger partial charge is 0.243 e. The van der Waals surface area contributed by atoms with E-state index in [1.165, 1.54) is 30.6 Å². The van der Waals surface area contributed by atoms with Crippen LogP contribution in [0.5, 0.6) is 0 Å².